The van der Waals surface area contributed by atoms with Gasteiger partial charge in [-0.15, -0.1) is 0 Å². The molecule has 0 aliphatic carbocycles. The normalized spacial score (nSPS) is 14.3. The van der Waals surface area contributed by atoms with Gasteiger partial charge in [0.05, 0.1) is 19.3 Å². The van der Waals surface area contributed by atoms with Gasteiger partial charge in [-0.05, 0) is 49.6 Å². The summed E-state index contributed by atoms with van der Waals surface area (Å²) in [6.07, 6.45) is 19.7. The quantitative estimate of drug-likeness (QED) is 0.0996. The Morgan fingerprint density at radius 3 is 2.07 bits per heavy atom. The van der Waals surface area contributed by atoms with Crippen LogP contribution in [-0.2, 0) is 6.54 Å². The van der Waals surface area contributed by atoms with E-state index in [1.165, 1.54) is 88.8 Å². The topological polar surface area (TPSA) is 41.7 Å². The lowest BCUT2D eigenvalue weighted by atomic mass is 9.83. The highest BCUT2D eigenvalue weighted by atomic mass is 79.9. The predicted octanol–water partition coefficient (Wildman–Crippen LogP) is 7.12. The Kier molecular flexibility index (Phi) is 19.6. The smallest absolute Gasteiger partial charge is 0.184 e. The third-order valence-corrected chi connectivity index (χ3v) is 9.03. The summed E-state index contributed by atoms with van der Waals surface area (Å²) < 4.78 is 43.5. The van der Waals surface area contributed by atoms with Crippen molar-refractivity contribution < 1.29 is 44.9 Å². The highest BCUT2D eigenvalue weighted by Crippen LogP contribution is 2.43. The number of hydrogen-bond donors (Lipinski definition) is 1. The van der Waals surface area contributed by atoms with Crippen molar-refractivity contribution in [3.8, 4) is 11.5 Å². The zero-order chi connectivity index (χ0) is 31.6. The molecule has 0 radical (unpaired) electrons. The van der Waals surface area contributed by atoms with Gasteiger partial charge in [0.2, 0.25) is 0 Å². The number of methoxy groups -OCH3 is 1. The van der Waals surface area contributed by atoms with Gasteiger partial charge < -0.3 is 31.6 Å². The zero-order valence-electron chi connectivity index (χ0n) is 28.2. The van der Waals surface area contributed by atoms with Gasteiger partial charge >= 0.3 is 0 Å². The van der Waals surface area contributed by atoms with Crippen molar-refractivity contribution in [2.24, 2.45) is 0 Å². The molecule has 254 valence electrons. The molecule has 0 saturated carbocycles. The molecule has 3 rings (SSSR count). The number of unbranched alkanes of at least 4 members (excludes halogenated alkanes) is 13. The fourth-order valence-corrected chi connectivity index (χ4v) is 6.56. The van der Waals surface area contributed by atoms with Crippen molar-refractivity contribution in [3.63, 3.8) is 0 Å². The largest absolute Gasteiger partial charge is 1.00 e. The molecule has 1 unspecified atom stereocenters. The monoisotopic (exact) mass is 693 g/mol. The van der Waals surface area contributed by atoms with Gasteiger partial charge in [-0.3, -0.25) is 0 Å². The molecule has 1 atom stereocenters. The highest BCUT2D eigenvalue weighted by Gasteiger charge is 2.36. The second-order valence-corrected chi connectivity index (χ2v) is 12.5. The SMILES string of the molecule is CCCCCCCCCCCC1=[N+](Cc2cc(F)ccc2F)CC(CCO)c2c1ccc(OC)c2OCCCCCCCC.[Br-]. The van der Waals surface area contributed by atoms with Crippen LogP contribution in [0.1, 0.15) is 146 Å². The first-order valence-electron chi connectivity index (χ1n) is 17.5. The van der Waals surface area contributed by atoms with E-state index in [2.05, 4.69) is 24.5 Å². The Morgan fingerprint density at radius 1 is 0.822 bits per heavy atom. The number of aliphatic hydroxyl groups excluding tert-OH is 1. The maximum Gasteiger partial charge on any atom is 0.184 e. The van der Waals surface area contributed by atoms with Crippen molar-refractivity contribution in [3.05, 3.63) is 58.7 Å². The van der Waals surface area contributed by atoms with Gasteiger partial charge in [0.25, 0.3) is 0 Å². The Balaban J connectivity index is 0.00000705. The molecule has 0 bridgehead atoms. The molecule has 0 saturated heterocycles. The van der Waals surface area contributed by atoms with E-state index in [1.807, 2.05) is 6.07 Å². The molecule has 2 aromatic rings. The van der Waals surface area contributed by atoms with E-state index in [0.29, 0.717) is 30.9 Å². The summed E-state index contributed by atoms with van der Waals surface area (Å²) in [5, 5.41) is 10.1. The minimum absolute atomic E-state index is 0. The molecule has 0 aromatic heterocycles. The van der Waals surface area contributed by atoms with E-state index in [1.54, 1.807) is 7.11 Å². The molecule has 1 aliphatic rings. The van der Waals surface area contributed by atoms with Crippen LogP contribution in [0.3, 0.4) is 0 Å². The highest BCUT2D eigenvalue weighted by molar-refractivity contribution is 6.00. The third kappa shape index (κ3) is 12.6. The first-order chi connectivity index (χ1) is 21.5. The van der Waals surface area contributed by atoms with Crippen LogP contribution in [0.25, 0.3) is 0 Å². The summed E-state index contributed by atoms with van der Waals surface area (Å²) in [6, 6.07) is 7.78. The van der Waals surface area contributed by atoms with Crippen molar-refractivity contribution in [1.82, 2.24) is 0 Å². The number of hydrogen-bond acceptors (Lipinski definition) is 3. The molecule has 4 nitrogen and oxygen atoms in total. The molecule has 0 amide bonds. The Labute approximate surface area is 282 Å². The Morgan fingerprint density at radius 2 is 1.44 bits per heavy atom. The van der Waals surface area contributed by atoms with Gasteiger partial charge in [0.15, 0.2) is 30.3 Å². The average Bonchev–Trinajstić information content (AvgIpc) is 3.02. The van der Waals surface area contributed by atoms with Crippen molar-refractivity contribution >= 4 is 5.71 Å². The minimum Gasteiger partial charge on any atom is -1.00 e. The van der Waals surface area contributed by atoms with Crippen LogP contribution in [0.5, 0.6) is 11.5 Å². The second-order valence-electron chi connectivity index (χ2n) is 12.5. The van der Waals surface area contributed by atoms with Crippen LogP contribution in [-0.4, -0.2) is 42.3 Å². The molecule has 2 aromatic carbocycles. The van der Waals surface area contributed by atoms with Crippen molar-refractivity contribution in [2.75, 3.05) is 26.9 Å². The molecule has 1 aliphatic heterocycles. The van der Waals surface area contributed by atoms with Crippen LogP contribution in [0.15, 0.2) is 30.3 Å². The molecule has 45 heavy (non-hydrogen) atoms. The number of benzene rings is 2. The third-order valence-electron chi connectivity index (χ3n) is 9.03. The maximum absolute atomic E-state index is 14.8. The van der Waals surface area contributed by atoms with Crippen LogP contribution in [0.2, 0.25) is 0 Å². The van der Waals surface area contributed by atoms with E-state index in [9.17, 15) is 13.9 Å². The number of ether oxygens (including phenoxy) is 2. The minimum atomic E-state index is -0.429. The summed E-state index contributed by atoms with van der Waals surface area (Å²) in [7, 11) is 1.68. The van der Waals surface area contributed by atoms with Crippen LogP contribution in [0.4, 0.5) is 8.78 Å². The lowest BCUT2D eigenvalue weighted by Crippen LogP contribution is -3.00. The fourth-order valence-electron chi connectivity index (χ4n) is 6.56. The molecule has 0 spiro atoms. The second kappa shape index (κ2) is 22.5. The van der Waals surface area contributed by atoms with Crippen molar-refractivity contribution in [1.29, 1.82) is 0 Å². The van der Waals surface area contributed by atoms with E-state index in [4.69, 9.17) is 9.47 Å². The Hall–Kier alpha value is -1.99. The van der Waals surface area contributed by atoms with E-state index in [0.717, 1.165) is 54.7 Å². The molecule has 1 N–H and O–H groups in total. The maximum atomic E-state index is 14.8. The van der Waals surface area contributed by atoms with Gasteiger partial charge in [0.1, 0.15) is 11.6 Å². The summed E-state index contributed by atoms with van der Waals surface area (Å²) in [4.78, 5) is 0. The Bertz CT molecular complexity index is 1160. The zero-order valence-corrected chi connectivity index (χ0v) is 29.7. The van der Waals surface area contributed by atoms with Crippen LogP contribution < -0.4 is 26.5 Å². The van der Waals surface area contributed by atoms with Crippen LogP contribution >= 0.6 is 0 Å². The number of rotatable bonds is 23. The van der Waals surface area contributed by atoms with Gasteiger partial charge in [0, 0.05) is 30.1 Å². The van der Waals surface area contributed by atoms with Gasteiger partial charge in [-0.1, -0.05) is 97.3 Å². The first kappa shape index (κ1) is 39.2. The molecular weight excluding hydrogens is 636 g/mol. The molecular formula is C38H58BrF2NO3. The van der Waals surface area contributed by atoms with Crippen LogP contribution in [0, 0.1) is 11.6 Å². The number of nitrogens with zero attached hydrogens (tertiary/aromatic N) is 1. The summed E-state index contributed by atoms with van der Waals surface area (Å²) >= 11 is 0. The molecule has 1 heterocycles. The van der Waals surface area contributed by atoms with E-state index in [-0.39, 0.29) is 36.1 Å². The van der Waals surface area contributed by atoms with Crippen molar-refractivity contribution in [2.45, 2.75) is 135 Å². The molecule has 0 fully saturated rings. The number of fused-ring (bicyclic) bond motifs is 1. The fraction of sp³-hybridized carbons (Fsp3) is 0.658. The number of halogens is 3. The lowest BCUT2D eigenvalue weighted by Gasteiger charge is -2.29. The van der Waals surface area contributed by atoms with E-state index >= 15 is 0 Å². The average molecular weight is 695 g/mol. The summed E-state index contributed by atoms with van der Waals surface area (Å²) in [5.74, 6) is 0.647. The van der Waals surface area contributed by atoms with Gasteiger partial charge in [-0.2, -0.15) is 0 Å². The predicted molar refractivity (Wildman–Crippen MR) is 177 cm³/mol. The lowest BCUT2D eigenvalue weighted by molar-refractivity contribution is -0.550. The van der Waals surface area contributed by atoms with Gasteiger partial charge in [-0.25, -0.2) is 13.4 Å². The summed E-state index contributed by atoms with van der Waals surface area (Å²) in [6.45, 7) is 6.03. The molecule has 7 heteroatoms. The van der Waals surface area contributed by atoms with E-state index < -0.39 is 11.6 Å². The first-order valence-corrected chi connectivity index (χ1v) is 17.5. The summed E-state index contributed by atoms with van der Waals surface area (Å²) in [5.41, 5.74) is 3.68. The standard InChI is InChI=1S/C38H58F2NO3.BrH/c1-4-6-8-10-12-13-14-15-17-19-35-33-21-23-36(43-3)38(44-26-18-16-11-9-7-5-2)37(33)30(24-25-42)28-41(35)29-31-27-32(39)20-22-34(31)40;/h20-23,27,30,42H,4-19,24-26,28-29H2,1-3H3;1H/q+1;/p-1. The number of aliphatic hydroxyl groups is 1.